The van der Waals surface area contributed by atoms with Crippen LogP contribution in [0.4, 0.5) is 0 Å². The Bertz CT molecular complexity index is 930. The molecule has 0 saturated heterocycles. The quantitative estimate of drug-likeness (QED) is 0.630. The van der Waals surface area contributed by atoms with Crippen molar-refractivity contribution in [2.75, 3.05) is 26.7 Å². The Labute approximate surface area is 166 Å². The number of amides is 1. The third-order valence-corrected chi connectivity index (χ3v) is 5.42. The lowest BCUT2D eigenvalue weighted by Crippen LogP contribution is -3.12. The molecule has 0 bridgehead atoms. The van der Waals surface area contributed by atoms with E-state index in [9.17, 15) is 4.79 Å². The van der Waals surface area contributed by atoms with Gasteiger partial charge in [0.15, 0.2) is 5.76 Å². The number of ether oxygens (including phenoxy) is 1. The van der Waals surface area contributed by atoms with Crippen molar-refractivity contribution in [3.8, 4) is 5.75 Å². The van der Waals surface area contributed by atoms with Crippen molar-refractivity contribution in [2.45, 2.75) is 26.8 Å². The van der Waals surface area contributed by atoms with Crippen molar-refractivity contribution >= 4 is 16.9 Å². The Morgan fingerprint density at radius 1 is 1.14 bits per heavy atom. The topological polar surface area (TPSA) is 55.9 Å². The number of methoxy groups -OCH3 is 1. The van der Waals surface area contributed by atoms with E-state index in [-0.39, 0.29) is 11.9 Å². The van der Waals surface area contributed by atoms with E-state index in [1.54, 1.807) is 7.11 Å². The monoisotopic (exact) mass is 381 g/mol. The largest absolute Gasteiger partial charge is 0.497 e. The lowest BCUT2D eigenvalue weighted by molar-refractivity contribution is -0.927. The van der Waals surface area contributed by atoms with Gasteiger partial charge in [0, 0.05) is 16.5 Å². The fraction of sp³-hybridized carbons (Fsp3) is 0.348. The smallest absolute Gasteiger partial charge is 0.287 e. The minimum Gasteiger partial charge on any atom is -0.497 e. The average Bonchev–Trinajstić information content (AvgIpc) is 3.07. The molecule has 1 aromatic heterocycles. The molecular formula is C23H29N2O3+. The second-order valence-corrected chi connectivity index (χ2v) is 6.96. The minimum absolute atomic E-state index is 0.180. The number of hydrogen-bond donors (Lipinski definition) is 2. The molecule has 0 aliphatic heterocycles. The van der Waals surface area contributed by atoms with E-state index in [1.807, 2.05) is 43.3 Å². The van der Waals surface area contributed by atoms with E-state index in [4.69, 9.17) is 9.15 Å². The first-order valence-electron chi connectivity index (χ1n) is 9.83. The van der Waals surface area contributed by atoms with Crippen molar-refractivity contribution < 1.29 is 18.8 Å². The van der Waals surface area contributed by atoms with Crippen molar-refractivity contribution in [1.82, 2.24) is 5.32 Å². The summed E-state index contributed by atoms with van der Waals surface area (Å²) in [7, 11) is 1.63. The fourth-order valence-corrected chi connectivity index (χ4v) is 3.74. The zero-order chi connectivity index (χ0) is 20.1. The van der Waals surface area contributed by atoms with Gasteiger partial charge in [-0.2, -0.15) is 0 Å². The second-order valence-electron chi connectivity index (χ2n) is 6.96. The van der Waals surface area contributed by atoms with Gasteiger partial charge < -0.3 is 19.4 Å². The number of furan rings is 1. The van der Waals surface area contributed by atoms with Gasteiger partial charge in [-0.15, -0.1) is 0 Å². The zero-order valence-corrected chi connectivity index (χ0v) is 17.0. The third kappa shape index (κ3) is 4.04. The van der Waals surface area contributed by atoms with Gasteiger partial charge in [-0.05, 0) is 39.0 Å². The Hall–Kier alpha value is -2.79. The van der Waals surface area contributed by atoms with Crippen LogP contribution in [-0.4, -0.2) is 32.7 Å². The summed E-state index contributed by atoms with van der Waals surface area (Å²) in [4.78, 5) is 14.3. The summed E-state index contributed by atoms with van der Waals surface area (Å²) in [6.07, 6.45) is 0. The van der Waals surface area contributed by atoms with Crippen LogP contribution < -0.4 is 15.0 Å². The predicted molar refractivity (Wildman–Crippen MR) is 111 cm³/mol. The van der Waals surface area contributed by atoms with E-state index >= 15 is 0 Å². The first-order chi connectivity index (χ1) is 13.6. The SMILES string of the molecule is CC[NH+](CC)[C@@H](CNC(=O)c1oc2ccc(OC)cc2c1C)c1ccccc1. The number of benzene rings is 2. The molecule has 2 aromatic carbocycles. The maximum Gasteiger partial charge on any atom is 0.287 e. The number of hydrogen-bond acceptors (Lipinski definition) is 3. The maximum atomic E-state index is 12.9. The van der Waals surface area contributed by atoms with Gasteiger partial charge in [-0.1, -0.05) is 30.3 Å². The molecule has 1 atom stereocenters. The molecule has 5 heteroatoms. The Morgan fingerprint density at radius 3 is 2.50 bits per heavy atom. The van der Waals surface area contributed by atoms with Crippen LogP contribution in [0.1, 0.15) is 41.6 Å². The van der Waals surface area contributed by atoms with Crippen molar-refractivity contribution in [1.29, 1.82) is 0 Å². The van der Waals surface area contributed by atoms with E-state index in [0.29, 0.717) is 17.9 Å². The van der Waals surface area contributed by atoms with Gasteiger partial charge in [0.1, 0.15) is 17.4 Å². The molecule has 0 aliphatic rings. The van der Waals surface area contributed by atoms with Crippen LogP contribution in [0.3, 0.4) is 0 Å². The van der Waals surface area contributed by atoms with Gasteiger partial charge >= 0.3 is 0 Å². The molecule has 3 aromatic rings. The number of fused-ring (bicyclic) bond motifs is 1. The summed E-state index contributed by atoms with van der Waals surface area (Å²) >= 11 is 0. The molecule has 5 nitrogen and oxygen atoms in total. The molecule has 2 N–H and O–H groups in total. The Balaban J connectivity index is 1.81. The molecular weight excluding hydrogens is 352 g/mol. The number of aryl methyl sites for hydroxylation is 1. The van der Waals surface area contributed by atoms with Crippen LogP contribution in [0, 0.1) is 6.92 Å². The van der Waals surface area contributed by atoms with Gasteiger partial charge in [0.05, 0.1) is 26.7 Å². The molecule has 0 unspecified atom stereocenters. The average molecular weight is 381 g/mol. The number of nitrogens with one attached hydrogen (secondary N) is 2. The first-order valence-corrected chi connectivity index (χ1v) is 9.83. The lowest BCUT2D eigenvalue weighted by Gasteiger charge is -2.27. The minimum atomic E-state index is -0.180. The molecule has 0 spiro atoms. The Kier molecular flexibility index (Phi) is 6.37. The number of rotatable bonds is 8. The fourth-order valence-electron chi connectivity index (χ4n) is 3.74. The highest BCUT2D eigenvalue weighted by molar-refractivity contribution is 5.99. The van der Waals surface area contributed by atoms with Gasteiger partial charge in [-0.25, -0.2) is 0 Å². The van der Waals surface area contributed by atoms with E-state index in [0.717, 1.165) is 29.8 Å². The molecule has 28 heavy (non-hydrogen) atoms. The first kappa shape index (κ1) is 20.0. The zero-order valence-electron chi connectivity index (χ0n) is 17.0. The molecule has 0 aliphatic carbocycles. The number of carbonyl (C=O) groups is 1. The highest BCUT2D eigenvalue weighted by Crippen LogP contribution is 2.28. The summed E-state index contributed by atoms with van der Waals surface area (Å²) in [6, 6.07) is 16.1. The summed E-state index contributed by atoms with van der Waals surface area (Å²) in [5, 5.41) is 3.99. The number of carbonyl (C=O) groups excluding carboxylic acids is 1. The van der Waals surface area contributed by atoms with Crippen molar-refractivity contribution in [3.05, 3.63) is 65.4 Å². The van der Waals surface area contributed by atoms with Gasteiger partial charge in [-0.3, -0.25) is 4.79 Å². The summed E-state index contributed by atoms with van der Waals surface area (Å²) < 4.78 is 11.1. The highest BCUT2D eigenvalue weighted by atomic mass is 16.5. The lowest BCUT2D eigenvalue weighted by atomic mass is 10.0. The summed E-state index contributed by atoms with van der Waals surface area (Å²) in [6.45, 7) is 8.80. The van der Waals surface area contributed by atoms with Crippen LogP contribution in [0.15, 0.2) is 52.9 Å². The molecule has 0 radical (unpaired) electrons. The number of quaternary nitrogens is 1. The van der Waals surface area contributed by atoms with E-state index in [1.165, 1.54) is 10.5 Å². The Morgan fingerprint density at radius 2 is 1.86 bits per heavy atom. The molecule has 1 amide bonds. The molecule has 0 saturated carbocycles. The highest BCUT2D eigenvalue weighted by Gasteiger charge is 2.24. The summed E-state index contributed by atoms with van der Waals surface area (Å²) in [5.74, 6) is 0.933. The van der Waals surface area contributed by atoms with Crippen LogP contribution in [0.2, 0.25) is 0 Å². The van der Waals surface area contributed by atoms with Gasteiger partial charge in [0.25, 0.3) is 5.91 Å². The van der Waals surface area contributed by atoms with E-state index < -0.39 is 0 Å². The van der Waals surface area contributed by atoms with Crippen LogP contribution in [-0.2, 0) is 0 Å². The van der Waals surface area contributed by atoms with E-state index in [2.05, 4.69) is 31.3 Å². The van der Waals surface area contributed by atoms with Crippen molar-refractivity contribution in [2.24, 2.45) is 0 Å². The maximum absolute atomic E-state index is 12.9. The third-order valence-electron chi connectivity index (χ3n) is 5.42. The number of likely N-dealkylation sites (N-methyl/N-ethyl adjacent to an activating group) is 1. The standard InChI is InChI=1S/C23H28N2O3/c1-5-25(6-2)20(17-10-8-7-9-11-17)15-24-23(26)22-16(3)19-14-18(27-4)12-13-21(19)28-22/h7-14,20H,5-6,15H2,1-4H3,(H,24,26)/p+1/t20-/m0/s1. The normalized spacial score (nSPS) is 12.3. The van der Waals surface area contributed by atoms with Crippen LogP contribution in [0.25, 0.3) is 11.0 Å². The second kappa shape index (κ2) is 8.93. The molecule has 3 rings (SSSR count). The molecule has 1 heterocycles. The molecule has 0 fully saturated rings. The predicted octanol–water partition coefficient (Wildman–Crippen LogP) is 3.15. The summed E-state index contributed by atoms with van der Waals surface area (Å²) in [5.41, 5.74) is 2.75. The van der Waals surface area contributed by atoms with Crippen LogP contribution in [0.5, 0.6) is 5.75 Å². The molecule has 148 valence electrons. The van der Waals surface area contributed by atoms with Gasteiger partial charge in [0.2, 0.25) is 0 Å². The van der Waals surface area contributed by atoms with Crippen molar-refractivity contribution in [3.63, 3.8) is 0 Å². The van der Waals surface area contributed by atoms with Crippen LogP contribution >= 0.6 is 0 Å².